The van der Waals surface area contributed by atoms with Crippen molar-refractivity contribution in [3.63, 3.8) is 0 Å². The maximum absolute atomic E-state index is 2.51. The Morgan fingerprint density at radius 2 is 1.15 bits per heavy atom. The van der Waals surface area contributed by atoms with E-state index >= 15 is 0 Å². The molecule has 0 aliphatic carbocycles. The highest BCUT2D eigenvalue weighted by Crippen LogP contribution is 2.39. The van der Waals surface area contributed by atoms with Crippen LogP contribution >= 0.6 is 0 Å². The number of anilines is 3. The second-order valence-corrected chi connectivity index (χ2v) is 7.38. The Morgan fingerprint density at radius 1 is 0.615 bits per heavy atom. The molecule has 1 heterocycles. The van der Waals surface area contributed by atoms with Gasteiger partial charge in [0.05, 0.1) is 6.67 Å². The van der Waals surface area contributed by atoms with Gasteiger partial charge in [0.25, 0.3) is 0 Å². The van der Waals surface area contributed by atoms with Gasteiger partial charge in [-0.2, -0.15) is 0 Å². The van der Waals surface area contributed by atoms with Crippen molar-refractivity contribution >= 4 is 17.1 Å². The van der Waals surface area contributed by atoms with E-state index in [1.54, 1.807) is 0 Å². The van der Waals surface area contributed by atoms with Crippen molar-refractivity contribution in [2.24, 2.45) is 0 Å². The van der Waals surface area contributed by atoms with Crippen molar-refractivity contribution in [2.75, 3.05) is 16.5 Å². The predicted molar refractivity (Wildman–Crippen MR) is 111 cm³/mol. The molecule has 0 N–H and O–H groups in total. The molecule has 2 heteroatoms. The molecule has 26 heavy (non-hydrogen) atoms. The smallest absolute Gasteiger partial charge is 0.0955 e. The number of hydrogen-bond donors (Lipinski definition) is 0. The number of nitrogens with zero attached hydrogens (tertiary/aromatic N) is 2. The van der Waals surface area contributed by atoms with Crippen LogP contribution in [0.4, 0.5) is 17.1 Å². The average molecular weight is 342 g/mol. The molecule has 132 valence electrons. The van der Waals surface area contributed by atoms with E-state index in [9.17, 15) is 0 Å². The molecule has 0 aromatic heterocycles. The molecule has 0 fully saturated rings. The summed E-state index contributed by atoms with van der Waals surface area (Å²) in [5.74, 6) is 0. The summed E-state index contributed by atoms with van der Waals surface area (Å²) < 4.78 is 0. The quantitative estimate of drug-likeness (QED) is 0.560. The van der Waals surface area contributed by atoms with Crippen molar-refractivity contribution < 1.29 is 0 Å². The maximum Gasteiger partial charge on any atom is 0.0955 e. The Morgan fingerprint density at radius 3 is 1.77 bits per heavy atom. The monoisotopic (exact) mass is 342 g/mol. The van der Waals surface area contributed by atoms with Gasteiger partial charge in [0.1, 0.15) is 0 Å². The van der Waals surface area contributed by atoms with E-state index in [1.165, 1.54) is 44.9 Å². The maximum atomic E-state index is 2.51. The van der Waals surface area contributed by atoms with Crippen molar-refractivity contribution in [3.05, 3.63) is 88.5 Å². The predicted octanol–water partition coefficient (Wildman–Crippen LogP) is 6.04. The zero-order chi connectivity index (χ0) is 18.3. The summed E-state index contributed by atoms with van der Waals surface area (Å²) in [6.45, 7) is 10.7. The van der Waals surface area contributed by atoms with E-state index < -0.39 is 0 Å². The van der Waals surface area contributed by atoms with Crippen LogP contribution in [0.3, 0.4) is 0 Å². The van der Waals surface area contributed by atoms with Crippen molar-refractivity contribution in [3.8, 4) is 0 Å². The first-order chi connectivity index (χ1) is 12.6. The highest BCUT2D eigenvalue weighted by Gasteiger charge is 2.26. The third-order valence-corrected chi connectivity index (χ3v) is 5.42. The lowest BCUT2D eigenvalue weighted by atomic mass is 10.0. The summed E-state index contributed by atoms with van der Waals surface area (Å²) in [6.07, 6.45) is 0. The zero-order valence-electron chi connectivity index (χ0n) is 16.1. The molecule has 0 saturated heterocycles. The zero-order valence-corrected chi connectivity index (χ0v) is 16.1. The van der Waals surface area contributed by atoms with Gasteiger partial charge in [-0.1, -0.05) is 54.6 Å². The van der Waals surface area contributed by atoms with Gasteiger partial charge >= 0.3 is 0 Å². The minimum absolute atomic E-state index is 0.869. The second-order valence-electron chi connectivity index (χ2n) is 7.38. The van der Waals surface area contributed by atoms with Crippen LogP contribution in [0, 0.1) is 27.7 Å². The standard InChI is InChI=1S/C24H26N2/c1-17-9-7-10-18(2)23(17)25-15-21-13-5-6-14-22(21)26(16-25)24-19(3)11-8-12-20(24)4/h5-14H,15-16H2,1-4H3. The second kappa shape index (κ2) is 6.53. The molecule has 1 aliphatic rings. The molecule has 1 aliphatic heterocycles. The van der Waals surface area contributed by atoms with Gasteiger partial charge in [0, 0.05) is 23.6 Å². The molecule has 3 aromatic carbocycles. The largest absolute Gasteiger partial charge is 0.349 e. The molecule has 0 unspecified atom stereocenters. The molecule has 0 radical (unpaired) electrons. The summed E-state index contributed by atoms with van der Waals surface area (Å²) in [4.78, 5) is 4.99. The Balaban J connectivity index is 1.87. The fourth-order valence-electron chi connectivity index (χ4n) is 4.29. The van der Waals surface area contributed by atoms with E-state index in [-0.39, 0.29) is 0 Å². The summed E-state index contributed by atoms with van der Waals surface area (Å²) in [7, 11) is 0. The lowest BCUT2D eigenvalue weighted by Gasteiger charge is -2.42. The van der Waals surface area contributed by atoms with Crippen LogP contribution in [-0.2, 0) is 6.54 Å². The Bertz CT molecular complexity index is 918. The third-order valence-electron chi connectivity index (χ3n) is 5.42. The number of para-hydroxylation sites is 3. The van der Waals surface area contributed by atoms with Crippen LogP contribution in [0.1, 0.15) is 27.8 Å². The summed E-state index contributed by atoms with van der Waals surface area (Å²) in [5.41, 5.74) is 10.7. The van der Waals surface area contributed by atoms with Gasteiger partial charge < -0.3 is 9.80 Å². The number of hydrogen-bond acceptors (Lipinski definition) is 2. The Hall–Kier alpha value is -2.74. The topological polar surface area (TPSA) is 6.48 Å². The van der Waals surface area contributed by atoms with Crippen molar-refractivity contribution in [1.29, 1.82) is 0 Å². The van der Waals surface area contributed by atoms with Crippen LogP contribution in [0.5, 0.6) is 0 Å². The van der Waals surface area contributed by atoms with Gasteiger partial charge in [-0.05, 0) is 61.6 Å². The van der Waals surface area contributed by atoms with Gasteiger partial charge in [-0.25, -0.2) is 0 Å². The number of aryl methyl sites for hydroxylation is 4. The Kier molecular flexibility index (Phi) is 4.20. The first-order valence-electron chi connectivity index (χ1n) is 9.29. The SMILES string of the molecule is Cc1cccc(C)c1N1Cc2ccccc2N(c2c(C)cccc2C)C1. The minimum Gasteiger partial charge on any atom is -0.349 e. The lowest BCUT2D eigenvalue weighted by molar-refractivity contribution is 0.745. The molecule has 0 atom stereocenters. The highest BCUT2D eigenvalue weighted by molar-refractivity contribution is 5.75. The van der Waals surface area contributed by atoms with E-state index in [0.29, 0.717) is 0 Å². The average Bonchev–Trinajstić information content (AvgIpc) is 2.61. The van der Waals surface area contributed by atoms with E-state index in [0.717, 1.165) is 13.2 Å². The van der Waals surface area contributed by atoms with E-state index in [4.69, 9.17) is 0 Å². The fraction of sp³-hybridized carbons (Fsp3) is 0.250. The van der Waals surface area contributed by atoms with Crippen molar-refractivity contribution in [1.82, 2.24) is 0 Å². The van der Waals surface area contributed by atoms with Gasteiger partial charge in [-0.15, -0.1) is 0 Å². The first-order valence-corrected chi connectivity index (χ1v) is 9.29. The van der Waals surface area contributed by atoms with E-state index in [2.05, 4.69) is 98.2 Å². The number of rotatable bonds is 2. The summed E-state index contributed by atoms with van der Waals surface area (Å²) >= 11 is 0. The summed E-state index contributed by atoms with van der Waals surface area (Å²) in [6, 6.07) is 22.0. The molecule has 0 saturated carbocycles. The molecule has 2 nitrogen and oxygen atoms in total. The number of benzene rings is 3. The van der Waals surface area contributed by atoms with Gasteiger partial charge in [-0.3, -0.25) is 0 Å². The molecule has 0 amide bonds. The van der Waals surface area contributed by atoms with Crippen LogP contribution in [-0.4, -0.2) is 6.67 Å². The molecular formula is C24H26N2. The van der Waals surface area contributed by atoms with E-state index in [1.807, 2.05) is 0 Å². The molecular weight excluding hydrogens is 316 g/mol. The minimum atomic E-state index is 0.869. The normalized spacial score (nSPS) is 13.7. The Labute approximate surface area is 156 Å². The highest BCUT2D eigenvalue weighted by atomic mass is 15.3. The first kappa shape index (κ1) is 16.7. The molecule has 3 aromatic rings. The van der Waals surface area contributed by atoms with Gasteiger partial charge in [0.2, 0.25) is 0 Å². The fourth-order valence-corrected chi connectivity index (χ4v) is 4.29. The molecule has 4 rings (SSSR count). The van der Waals surface area contributed by atoms with Crippen LogP contribution in [0.15, 0.2) is 60.7 Å². The number of fused-ring (bicyclic) bond motifs is 1. The van der Waals surface area contributed by atoms with Gasteiger partial charge in [0.15, 0.2) is 0 Å². The molecule has 0 spiro atoms. The molecule has 0 bridgehead atoms. The lowest BCUT2D eigenvalue weighted by Crippen LogP contribution is -2.41. The summed E-state index contributed by atoms with van der Waals surface area (Å²) in [5, 5.41) is 0. The van der Waals surface area contributed by atoms with Crippen molar-refractivity contribution in [2.45, 2.75) is 34.2 Å². The third kappa shape index (κ3) is 2.76. The van der Waals surface area contributed by atoms with Crippen LogP contribution in [0.25, 0.3) is 0 Å². The van der Waals surface area contributed by atoms with Crippen LogP contribution in [0.2, 0.25) is 0 Å². The van der Waals surface area contributed by atoms with Crippen LogP contribution < -0.4 is 9.80 Å².